The molecule has 0 radical (unpaired) electrons. The molecule has 0 fully saturated rings. The highest BCUT2D eigenvalue weighted by atomic mass is 19.1. The number of nitrogens with one attached hydrogen (secondary N) is 1. The summed E-state index contributed by atoms with van der Waals surface area (Å²) in [7, 11) is 0. The highest BCUT2D eigenvalue weighted by Crippen LogP contribution is 2.21. The van der Waals surface area contributed by atoms with Gasteiger partial charge in [0.25, 0.3) is 5.69 Å². The van der Waals surface area contributed by atoms with Crippen molar-refractivity contribution in [3.8, 4) is 0 Å². The summed E-state index contributed by atoms with van der Waals surface area (Å²) in [6.45, 7) is 2.45. The van der Waals surface area contributed by atoms with Gasteiger partial charge in [0.15, 0.2) is 5.82 Å². The predicted molar refractivity (Wildman–Crippen MR) is 71.6 cm³/mol. The van der Waals surface area contributed by atoms with Crippen molar-refractivity contribution in [1.82, 2.24) is 0 Å². The lowest BCUT2D eigenvalue weighted by Gasteiger charge is -2.09. The van der Waals surface area contributed by atoms with E-state index in [0.717, 1.165) is 17.2 Å². The van der Waals surface area contributed by atoms with Gasteiger partial charge >= 0.3 is 0 Å². The third-order valence-electron chi connectivity index (χ3n) is 2.89. The van der Waals surface area contributed by atoms with Crippen molar-refractivity contribution >= 4 is 11.4 Å². The van der Waals surface area contributed by atoms with Crippen LogP contribution in [0.4, 0.5) is 15.8 Å². The summed E-state index contributed by atoms with van der Waals surface area (Å²) in [6.07, 6.45) is 0. The Morgan fingerprint density at radius 2 is 2.00 bits per heavy atom. The van der Waals surface area contributed by atoms with E-state index in [4.69, 9.17) is 0 Å². The van der Waals surface area contributed by atoms with Crippen molar-refractivity contribution in [3.63, 3.8) is 0 Å². The minimum absolute atomic E-state index is 0.251. The van der Waals surface area contributed by atoms with Crippen molar-refractivity contribution in [2.45, 2.75) is 13.5 Å². The molecule has 0 unspecified atom stereocenters. The van der Waals surface area contributed by atoms with Gasteiger partial charge in [-0.2, -0.15) is 0 Å². The summed E-state index contributed by atoms with van der Waals surface area (Å²) in [5.41, 5.74) is 2.17. The Morgan fingerprint density at radius 3 is 2.63 bits per heavy atom. The fourth-order valence-electron chi connectivity index (χ4n) is 1.76. The molecule has 2 rings (SSSR count). The first kappa shape index (κ1) is 13.0. The van der Waals surface area contributed by atoms with E-state index in [1.807, 2.05) is 31.2 Å². The van der Waals surface area contributed by atoms with E-state index in [1.54, 1.807) is 0 Å². The number of aryl methyl sites for hydroxylation is 1. The maximum atomic E-state index is 13.6. The maximum absolute atomic E-state index is 13.6. The average Bonchev–Trinajstić information content (AvgIpc) is 2.39. The molecule has 0 aliphatic heterocycles. The zero-order valence-corrected chi connectivity index (χ0v) is 10.4. The first-order valence-corrected chi connectivity index (χ1v) is 5.80. The van der Waals surface area contributed by atoms with Crippen LogP contribution in [0.1, 0.15) is 11.1 Å². The molecule has 4 nitrogen and oxygen atoms in total. The monoisotopic (exact) mass is 260 g/mol. The van der Waals surface area contributed by atoms with Crippen LogP contribution in [0.3, 0.4) is 0 Å². The van der Waals surface area contributed by atoms with E-state index >= 15 is 0 Å². The van der Waals surface area contributed by atoms with E-state index in [9.17, 15) is 14.5 Å². The van der Waals surface area contributed by atoms with Gasteiger partial charge in [-0.25, -0.2) is 4.39 Å². The molecule has 0 aromatic heterocycles. The van der Waals surface area contributed by atoms with Crippen LogP contribution in [0.2, 0.25) is 0 Å². The van der Waals surface area contributed by atoms with Crippen LogP contribution in [-0.4, -0.2) is 4.92 Å². The minimum Gasteiger partial charge on any atom is -0.379 e. The largest absolute Gasteiger partial charge is 0.379 e. The lowest BCUT2D eigenvalue weighted by molar-refractivity contribution is -0.385. The highest BCUT2D eigenvalue weighted by Gasteiger charge is 2.10. The molecule has 2 aromatic rings. The molecule has 0 spiro atoms. The van der Waals surface area contributed by atoms with Crippen molar-refractivity contribution in [3.05, 3.63) is 69.5 Å². The SMILES string of the molecule is Cc1ccccc1CNc1ccc([N+](=O)[O-])cc1F. The zero-order valence-electron chi connectivity index (χ0n) is 10.4. The van der Waals surface area contributed by atoms with E-state index < -0.39 is 10.7 Å². The standard InChI is InChI=1S/C14H13FN2O2/c1-10-4-2-3-5-11(10)9-16-14-7-6-12(17(18)19)8-13(14)15/h2-8,16H,9H2,1H3. The molecule has 19 heavy (non-hydrogen) atoms. The topological polar surface area (TPSA) is 55.2 Å². The Hall–Kier alpha value is -2.43. The number of hydrogen-bond acceptors (Lipinski definition) is 3. The van der Waals surface area contributed by atoms with Gasteiger partial charge in [-0.1, -0.05) is 24.3 Å². The molecule has 5 heteroatoms. The Kier molecular flexibility index (Phi) is 3.75. The Labute approximate surface area is 110 Å². The first-order valence-electron chi connectivity index (χ1n) is 5.80. The summed E-state index contributed by atoms with van der Waals surface area (Å²) in [4.78, 5) is 9.89. The third kappa shape index (κ3) is 3.07. The molecule has 0 bridgehead atoms. The molecule has 98 valence electrons. The van der Waals surface area contributed by atoms with E-state index in [-0.39, 0.29) is 11.4 Å². The number of nitro groups is 1. The third-order valence-corrected chi connectivity index (χ3v) is 2.89. The second-order valence-corrected chi connectivity index (χ2v) is 4.20. The molecule has 1 N–H and O–H groups in total. The lowest BCUT2D eigenvalue weighted by atomic mass is 10.1. The highest BCUT2D eigenvalue weighted by molar-refractivity contribution is 5.50. The molecule has 0 heterocycles. The van der Waals surface area contributed by atoms with E-state index in [1.165, 1.54) is 12.1 Å². The van der Waals surface area contributed by atoms with Crippen LogP contribution < -0.4 is 5.32 Å². The second-order valence-electron chi connectivity index (χ2n) is 4.20. The van der Waals surface area contributed by atoms with Crippen LogP contribution in [0, 0.1) is 22.9 Å². The van der Waals surface area contributed by atoms with E-state index in [2.05, 4.69) is 5.32 Å². The van der Waals surface area contributed by atoms with Gasteiger partial charge in [-0.3, -0.25) is 10.1 Å². The van der Waals surface area contributed by atoms with Crippen molar-refractivity contribution in [1.29, 1.82) is 0 Å². The predicted octanol–water partition coefficient (Wildman–Crippen LogP) is 3.65. The van der Waals surface area contributed by atoms with Gasteiger partial charge in [0.2, 0.25) is 0 Å². The smallest absolute Gasteiger partial charge is 0.272 e. The molecule has 0 atom stereocenters. The average molecular weight is 260 g/mol. The fourth-order valence-corrected chi connectivity index (χ4v) is 1.76. The number of hydrogen-bond donors (Lipinski definition) is 1. The molecule has 2 aromatic carbocycles. The lowest BCUT2D eigenvalue weighted by Crippen LogP contribution is -2.03. The molecule has 0 amide bonds. The second kappa shape index (κ2) is 5.48. The van der Waals surface area contributed by atoms with Gasteiger partial charge < -0.3 is 5.32 Å². The summed E-state index contributed by atoms with van der Waals surface area (Å²) in [5.74, 6) is -0.622. The summed E-state index contributed by atoms with van der Waals surface area (Å²) >= 11 is 0. The van der Waals surface area contributed by atoms with Crippen LogP contribution in [0.25, 0.3) is 0 Å². The Bertz CT molecular complexity index is 614. The van der Waals surface area contributed by atoms with Crippen molar-refractivity contribution < 1.29 is 9.31 Å². The number of anilines is 1. The Morgan fingerprint density at radius 1 is 1.26 bits per heavy atom. The van der Waals surface area contributed by atoms with Gasteiger partial charge in [0, 0.05) is 12.6 Å². The first-order chi connectivity index (χ1) is 9.08. The number of non-ortho nitro benzene ring substituents is 1. The number of benzene rings is 2. The van der Waals surface area contributed by atoms with Gasteiger partial charge in [0.1, 0.15) is 0 Å². The molecular weight excluding hydrogens is 247 g/mol. The van der Waals surface area contributed by atoms with Crippen LogP contribution >= 0.6 is 0 Å². The summed E-state index contributed by atoms with van der Waals surface area (Å²) < 4.78 is 13.6. The molecule has 0 saturated heterocycles. The molecule has 0 aliphatic carbocycles. The normalized spacial score (nSPS) is 10.2. The summed E-state index contributed by atoms with van der Waals surface area (Å²) in [5, 5.41) is 13.4. The number of rotatable bonds is 4. The number of nitrogens with zero attached hydrogens (tertiary/aromatic N) is 1. The number of nitro benzene ring substituents is 1. The zero-order chi connectivity index (χ0) is 13.8. The van der Waals surface area contributed by atoms with Crippen molar-refractivity contribution in [2.75, 3.05) is 5.32 Å². The maximum Gasteiger partial charge on any atom is 0.272 e. The summed E-state index contributed by atoms with van der Waals surface area (Å²) in [6, 6.07) is 11.4. The van der Waals surface area contributed by atoms with Crippen LogP contribution in [0.15, 0.2) is 42.5 Å². The number of halogens is 1. The molecular formula is C14H13FN2O2. The van der Waals surface area contributed by atoms with Gasteiger partial charge in [0.05, 0.1) is 16.7 Å². The van der Waals surface area contributed by atoms with Crippen LogP contribution in [-0.2, 0) is 6.54 Å². The van der Waals surface area contributed by atoms with Gasteiger partial charge in [-0.15, -0.1) is 0 Å². The van der Waals surface area contributed by atoms with Crippen molar-refractivity contribution in [2.24, 2.45) is 0 Å². The molecule has 0 aliphatic rings. The quantitative estimate of drug-likeness (QED) is 0.674. The van der Waals surface area contributed by atoms with Crippen LogP contribution in [0.5, 0.6) is 0 Å². The van der Waals surface area contributed by atoms with E-state index in [0.29, 0.717) is 6.54 Å². The van der Waals surface area contributed by atoms with Gasteiger partial charge in [-0.05, 0) is 24.1 Å². The minimum atomic E-state index is -0.622. The Balaban J connectivity index is 2.12. The fraction of sp³-hybridized carbons (Fsp3) is 0.143. The molecule has 0 saturated carbocycles.